The van der Waals surface area contributed by atoms with Gasteiger partial charge in [0.05, 0.1) is 11.9 Å². The molecule has 1 unspecified atom stereocenters. The number of fused-ring (bicyclic) bond motifs is 1. The van der Waals surface area contributed by atoms with Gasteiger partial charge in [0, 0.05) is 22.9 Å². The zero-order chi connectivity index (χ0) is 8.39. The third-order valence-corrected chi connectivity index (χ3v) is 3.49. The van der Waals surface area contributed by atoms with Crippen molar-refractivity contribution in [1.82, 2.24) is 4.98 Å². The largest absolute Gasteiger partial charge is 0.382 e. The van der Waals surface area contributed by atoms with E-state index in [1.165, 1.54) is 17.0 Å². The van der Waals surface area contributed by atoms with Crippen molar-refractivity contribution < 1.29 is 0 Å². The molecule has 1 aromatic rings. The first-order chi connectivity index (χ1) is 5.90. The number of hydrogen-bond donors (Lipinski definition) is 1. The van der Waals surface area contributed by atoms with Gasteiger partial charge in [-0.05, 0) is 12.5 Å². The van der Waals surface area contributed by atoms with Crippen LogP contribution in [-0.2, 0) is 0 Å². The van der Waals surface area contributed by atoms with Crippen molar-refractivity contribution in [1.29, 1.82) is 0 Å². The molecule has 0 fully saturated rings. The average molecular weight is 180 g/mol. The number of rotatable bonds is 1. The van der Waals surface area contributed by atoms with Crippen molar-refractivity contribution >= 4 is 17.4 Å². The van der Waals surface area contributed by atoms with Gasteiger partial charge in [-0.25, -0.2) is 0 Å². The SMILES string of the molecule is CCC1CNc2cnccc2S1. The van der Waals surface area contributed by atoms with Crippen molar-refractivity contribution in [3.05, 3.63) is 18.5 Å². The van der Waals surface area contributed by atoms with Crippen LogP contribution in [0.5, 0.6) is 0 Å². The minimum atomic E-state index is 0.722. The zero-order valence-corrected chi connectivity index (χ0v) is 7.90. The third-order valence-electron chi connectivity index (χ3n) is 2.05. The smallest absolute Gasteiger partial charge is 0.0665 e. The fourth-order valence-corrected chi connectivity index (χ4v) is 2.37. The molecule has 0 bridgehead atoms. The van der Waals surface area contributed by atoms with Gasteiger partial charge >= 0.3 is 0 Å². The first kappa shape index (κ1) is 7.92. The van der Waals surface area contributed by atoms with E-state index in [1.54, 1.807) is 0 Å². The van der Waals surface area contributed by atoms with Crippen LogP contribution in [-0.4, -0.2) is 16.8 Å². The first-order valence-electron chi connectivity index (χ1n) is 4.24. The molecule has 1 aliphatic rings. The monoisotopic (exact) mass is 180 g/mol. The summed E-state index contributed by atoms with van der Waals surface area (Å²) in [6.07, 6.45) is 4.97. The van der Waals surface area contributed by atoms with E-state index in [4.69, 9.17) is 0 Å². The van der Waals surface area contributed by atoms with Crippen molar-refractivity contribution in [3.63, 3.8) is 0 Å². The van der Waals surface area contributed by atoms with Crippen molar-refractivity contribution in [3.8, 4) is 0 Å². The molecule has 2 heterocycles. The lowest BCUT2D eigenvalue weighted by Gasteiger charge is -2.23. The van der Waals surface area contributed by atoms with E-state index in [1.807, 2.05) is 24.2 Å². The molecule has 64 valence electrons. The second-order valence-electron chi connectivity index (χ2n) is 2.90. The number of thioether (sulfide) groups is 1. The predicted molar refractivity (Wildman–Crippen MR) is 52.7 cm³/mol. The Kier molecular flexibility index (Phi) is 2.21. The highest BCUT2D eigenvalue weighted by molar-refractivity contribution is 8.00. The molecule has 0 radical (unpaired) electrons. The van der Waals surface area contributed by atoms with Gasteiger partial charge in [-0.2, -0.15) is 0 Å². The maximum absolute atomic E-state index is 4.07. The van der Waals surface area contributed by atoms with Gasteiger partial charge < -0.3 is 5.32 Å². The highest BCUT2D eigenvalue weighted by Gasteiger charge is 2.16. The number of nitrogens with one attached hydrogen (secondary N) is 1. The number of aromatic nitrogens is 1. The summed E-state index contributed by atoms with van der Waals surface area (Å²) in [4.78, 5) is 5.41. The molecule has 12 heavy (non-hydrogen) atoms. The molecule has 3 heteroatoms. The summed E-state index contributed by atoms with van der Waals surface area (Å²) in [6.45, 7) is 3.30. The van der Waals surface area contributed by atoms with Gasteiger partial charge in [0.1, 0.15) is 0 Å². The molecule has 0 amide bonds. The molecular formula is C9H12N2S. The van der Waals surface area contributed by atoms with Crippen LogP contribution in [0.3, 0.4) is 0 Å². The summed E-state index contributed by atoms with van der Waals surface area (Å²) < 4.78 is 0. The molecule has 0 aliphatic carbocycles. The molecule has 0 aromatic carbocycles. The molecule has 0 saturated heterocycles. The second kappa shape index (κ2) is 3.35. The van der Waals surface area contributed by atoms with E-state index in [0.717, 1.165) is 11.8 Å². The number of hydrogen-bond acceptors (Lipinski definition) is 3. The standard InChI is InChI=1S/C9H12N2S/c1-2-7-5-11-8-6-10-4-3-9(8)12-7/h3-4,6-7,11H,2,5H2,1H3. The summed E-state index contributed by atoms with van der Waals surface area (Å²) in [6, 6.07) is 2.08. The van der Waals surface area contributed by atoms with E-state index >= 15 is 0 Å². The average Bonchev–Trinajstić information content (AvgIpc) is 2.17. The Bertz CT molecular complexity index is 275. The molecule has 1 N–H and O–H groups in total. The summed E-state index contributed by atoms with van der Waals surface area (Å²) in [5, 5.41) is 4.10. The maximum Gasteiger partial charge on any atom is 0.0665 e. The van der Waals surface area contributed by atoms with Crippen molar-refractivity contribution in [2.24, 2.45) is 0 Å². The molecular weight excluding hydrogens is 168 g/mol. The van der Waals surface area contributed by atoms with Crippen LogP contribution in [0.2, 0.25) is 0 Å². The van der Waals surface area contributed by atoms with Crippen LogP contribution >= 0.6 is 11.8 Å². The molecule has 0 spiro atoms. The molecule has 1 aliphatic heterocycles. The quantitative estimate of drug-likeness (QED) is 0.718. The Morgan fingerprint density at radius 3 is 3.50 bits per heavy atom. The Hall–Kier alpha value is -0.700. The van der Waals surface area contributed by atoms with Gasteiger partial charge in [-0.1, -0.05) is 6.92 Å². The molecule has 2 rings (SSSR count). The number of anilines is 1. The molecule has 1 atom stereocenters. The Morgan fingerprint density at radius 1 is 1.75 bits per heavy atom. The highest BCUT2D eigenvalue weighted by Crippen LogP contribution is 2.34. The fourth-order valence-electron chi connectivity index (χ4n) is 1.29. The molecule has 2 nitrogen and oxygen atoms in total. The molecule has 1 aromatic heterocycles. The Balaban J connectivity index is 2.23. The van der Waals surface area contributed by atoms with Crippen LogP contribution < -0.4 is 5.32 Å². The van der Waals surface area contributed by atoms with E-state index in [0.29, 0.717) is 0 Å². The minimum Gasteiger partial charge on any atom is -0.382 e. The van der Waals surface area contributed by atoms with E-state index < -0.39 is 0 Å². The summed E-state index contributed by atoms with van der Waals surface area (Å²) in [7, 11) is 0. The van der Waals surface area contributed by atoms with Crippen LogP contribution in [0.25, 0.3) is 0 Å². The Labute approximate surface area is 76.8 Å². The van der Waals surface area contributed by atoms with Crippen LogP contribution in [0.4, 0.5) is 5.69 Å². The third kappa shape index (κ3) is 1.41. The summed E-state index contributed by atoms with van der Waals surface area (Å²) in [5.41, 5.74) is 1.19. The molecule has 0 saturated carbocycles. The number of pyridine rings is 1. The fraction of sp³-hybridized carbons (Fsp3) is 0.444. The van der Waals surface area contributed by atoms with Crippen LogP contribution in [0.15, 0.2) is 23.4 Å². The van der Waals surface area contributed by atoms with Gasteiger partial charge in [0.15, 0.2) is 0 Å². The topological polar surface area (TPSA) is 24.9 Å². The first-order valence-corrected chi connectivity index (χ1v) is 5.12. The van der Waals surface area contributed by atoms with Gasteiger partial charge in [-0.15, -0.1) is 11.8 Å². The van der Waals surface area contributed by atoms with Gasteiger partial charge in [-0.3, -0.25) is 4.98 Å². The lowest BCUT2D eigenvalue weighted by atomic mass is 10.3. The lowest BCUT2D eigenvalue weighted by molar-refractivity contribution is 0.840. The lowest BCUT2D eigenvalue weighted by Crippen LogP contribution is -2.20. The summed E-state index contributed by atoms with van der Waals surface area (Å²) in [5.74, 6) is 0. The zero-order valence-electron chi connectivity index (χ0n) is 7.08. The maximum atomic E-state index is 4.07. The minimum absolute atomic E-state index is 0.722. The normalized spacial score (nSPS) is 21.2. The van der Waals surface area contributed by atoms with Crippen LogP contribution in [0.1, 0.15) is 13.3 Å². The van der Waals surface area contributed by atoms with Crippen LogP contribution in [0, 0.1) is 0 Å². The predicted octanol–water partition coefficient (Wildman–Crippen LogP) is 2.38. The van der Waals surface area contributed by atoms with E-state index in [-0.39, 0.29) is 0 Å². The second-order valence-corrected chi connectivity index (χ2v) is 4.24. The van der Waals surface area contributed by atoms with Gasteiger partial charge in [0.25, 0.3) is 0 Å². The van der Waals surface area contributed by atoms with E-state index in [2.05, 4.69) is 23.3 Å². The van der Waals surface area contributed by atoms with Crippen molar-refractivity contribution in [2.75, 3.05) is 11.9 Å². The van der Waals surface area contributed by atoms with Crippen molar-refractivity contribution in [2.45, 2.75) is 23.5 Å². The summed E-state index contributed by atoms with van der Waals surface area (Å²) >= 11 is 1.95. The number of nitrogens with zero attached hydrogens (tertiary/aromatic N) is 1. The van der Waals surface area contributed by atoms with E-state index in [9.17, 15) is 0 Å². The highest BCUT2D eigenvalue weighted by atomic mass is 32.2. The Morgan fingerprint density at radius 2 is 2.67 bits per heavy atom. The van der Waals surface area contributed by atoms with Gasteiger partial charge in [0.2, 0.25) is 0 Å².